The monoisotopic (exact) mass is 633 g/mol. The highest BCUT2D eigenvalue weighted by atomic mass is 79.9. The average molecular weight is 635 g/mol. The van der Waals surface area contributed by atoms with E-state index in [1.165, 1.54) is 17.0 Å². The summed E-state index contributed by atoms with van der Waals surface area (Å²) in [7, 11) is -4.11. The molecule has 0 aliphatic carbocycles. The summed E-state index contributed by atoms with van der Waals surface area (Å²) >= 11 is 9.42. The quantitative estimate of drug-likeness (QED) is 0.289. The molecule has 208 valence electrons. The Morgan fingerprint density at radius 3 is 2.08 bits per heavy atom. The van der Waals surface area contributed by atoms with Crippen molar-refractivity contribution >= 4 is 55.1 Å². The van der Waals surface area contributed by atoms with Gasteiger partial charge in [0.15, 0.2) is 0 Å². The van der Waals surface area contributed by atoms with Crippen molar-refractivity contribution in [2.24, 2.45) is 5.92 Å². The highest BCUT2D eigenvalue weighted by Gasteiger charge is 2.32. The number of hydrogen-bond donors (Lipinski definition) is 1. The van der Waals surface area contributed by atoms with E-state index < -0.39 is 28.5 Å². The van der Waals surface area contributed by atoms with Crippen LogP contribution >= 0.6 is 27.5 Å². The molecule has 0 aromatic heterocycles. The molecule has 3 aromatic rings. The first-order valence-electron chi connectivity index (χ1n) is 12.5. The number of rotatable bonds is 11. The molecule has 0 heterocycles. The molecule has 3 rings (SSSR count). The van der Waals surface area contributed by atoms with Crippen LogP contribution in [0.2, 0.25) is 5.02 Å². The largest absolute Gasteiger partial charge is 0.354 e. The van der Waals surface area contributed by atoms with Crippen LogP contribution in [0.4, 0.5) is 5.69 Å². The van der Waals surface area contributed by atoms with Crippen molar-refractivity contribution in [2.45, 2.75) is 45.2 Å². The number of hydrogen-bond acceptors (Lipinski definition) is 4. The van der Waals surface area contributed by atoms with Crippen LogP contribution in [0.1, 0.15) is 31.9 Å². The van der Waals surface area contributed by atoms with E-state index in [4.69, 9.17) is 11.6 Å². The molecule has 1 atom stereocenters. The van der Waals surface area contributed by atoms with Gasteiger partial charge >= 0.3 is 0 Å². The maximum absolute atomic E-state index is 13.9. The van der Waals surface area contributed by atoms with Gasteiger partial charge in [0.25, 0.3) is 10.0 Å². The minimum atomic E-state index is -4.11. The van der Waals surface area contributed by atoms with Gasteiger partial charge in [-0.05, 0) is 73.9 Å². The summed E-state index contributed by atoms with van der Waals surface area (Å²) in [6, 6.07) is 19.3. The van der Waals surface area contributed by atoms with E-state index in [0.29, 0.717) is 17.3 Å². The first kappa shape index (κ1) is 30.7. The second-order valence-electron chi connectivity index (χ2n) is 9.76. The summed E-state index contributed by atoms with van der Waals surface area (Å²) in [5, 5.41) is 3.42. The Balaban J connectivity index is 2.00. The van der Waals surface area contributed by atoms with Crippen LogP contribution in [0, 0.1) is 12.8 Å². The van der Waals surface area contributed by atoms with Gasteiger partial charge in [-0.3, -0.25) is 13.9 Å². The first-order chi connectivity index (χ1) is 18.4. The molecule has 0 fully saturated rings. The van der Waals surface area contributed by atoms with Gasteiger partial charge < -0.3 is 10.2 Å². The lowest BCUT2D eigenvalue weighted by Gasteiger charge is -2.32. The molecule has 0 aliphatic heterocycles. The van der Waals surface area contributed by atoms with Crippen LogP contribution in [-0.4, -0.2) is 44.3 Å². The molecule has 39 heavy (non-hydrogen) atoms. The number of amides is 2. The number of halogens is 2. The minimum Gasteiger partial charge on any atom is -0.354 e. The Morgan fingerprint density at radius 1 is 0.923 bits per heavy atom. The Morgan fingerprint density at radius 2 is 1.51 bits per heavy atom. The maximum Gasteiger partial charge on any atom is 0.264 e. The Bertz CT molecular complexity index is 1380. The fourth-order valence-corrected chi connectivity index (χ4v) is 5.60. The predicted molar refractivity (Wildman–Crippen MR) is 159 cm³/mol. The lowest BCUT2D eigenvalue weighted by atomic mass is 10.1. The molecule has 0 aliphatic rings. The minimum absolute atomic E-state index is 0.0656. The third kappa shape index (κ3) is 8.30. The van der Waals surface area contributed by atoms with Gasteiger partial charge in [-0.2, -0.15) is 0 Å². The van der Waals surface area contributed by atoms with Crippen molar-refractivity contribution in [2.75, 3.05) is 17.4 Å². The number of sulfonamides is 1. The molecule has 0 unspecified atom stereocenters. The number of anilines is 1. The topological polar surface area (TPSA) is 86.8 Å². The Labute approximate surface area is 244 Å². The highest BCUT2D eigenvalue weighted by Crippen LogP contribution is 2.26. The second-order valence-corrected chi connectivity index (χ2v) is 13.0. The number of benzene rings is 3. The van der Waals surface area contributed by atoms with Gasteiger partial charge in [-0.1, -0.05) is 71.2 Å². The van der Waals surface area contributed by atoms with Crippen molar-refractivity contribution < 1.29 is 18.0 Å². The van der Waals surface area contributed by atoms with Gasteiger partial charge in [0, 0.05) is 22.6 Å². The first-order valence-corrected chi connectivity index (χ1v) is 15.2. The van der Waals surface area contributed by atoms with E-state index in [9.17, 15) is 18.0 Å². The molecular formula is C29H33BrClN3O4S. The lowest BCUT2D eigenvalue weighted by Crippen LogP contribution is -2.51. The molecule has 0 saturated carbocycles. The number of nitrogens with zero attached hydrogens (tertiary/aromatic N) is 2. The maximum atomic E-state index is 13.9. The fraction of sp³-hybridized carbons (Fsp3) is 0.310. The van der Waals surface area contributed by atoms with Crippen LogP contribution in [-0.2, 0) is 26.2 Å². The molecule has 3 aromatic carbocycles. The van der Waals surface area contributed by atoms with Gasteiger partial charge in [0.1, 0.15) is 12.6 Å². The van der Waals surface area contributed by atoms with Gasteiger partial charge in [0.2, 0.25) is 11.8 Å². The summed E-state index contributed by atoms with van der Waals surface area (Å²) < 4.78 is 29.5. The molecule has 0 radical (unpaired) electrons. The smallest absolute Gasteiger partial charge is 0.264 e. The molecule has 10 heteroatoms. The predicted octanol–water partition coefficient (Wildman–Crippen LogP) is 5.80. The van der Waals surface area contributed by atoms with Crippen molar-refractivity contribution in [3.63, 3.8) is 0 Å². The average Bonchev–Trinajstić information content (AvgIpc) is 2.90. The van der Waals surface area contributed by atoms with Crippen LogP contribution in [0.15, 0.2) is 82.2 Å². The molecule has 0 bridgehead atoms. The summed E-state index contributed by atoms with van der Waals surface area (Å²) in [6.45, 7) is 7.53. The zero-order chi connectivity index (χ0) is 28.7. The summed E-state index contributed by atoms with van der Waals surface area (Å²) in [6.07, 6.45) is 0. The van der Waals surface area contributed by atoms with E-state index >= 15 is 0 Å². The zero-order valence-electron chi connectivity index (χ0n) is 22.4. The Hall–Kier alpha value is -2.88. The molecule has 7 nitrogen and oxygen atoms in total. The molecule has 1 N–H and O–H groups in total. The van der Waals surface area contributed by atoms with Crippen molar-refractivity contribution in [1.29, 1.82) is 0 Å². The van der Waals surface area contributed by atoms with Crippen LogP contribution in [0.25, 0.3) is 0 Å². The van der Waals surface area contributed by atoms with E-state index in [-0.39, 0.29) is 23.3 Å². The summed E-state index contributed by atoms with van der Waals surface area (Å²) in [5.74, 6) is -0.604. The summed E-state index contributed by atoms with van der Waals surface area (Å²) in [5.41, 5.74) is 2.00. The summed E-state index contributed by atoms with van der Waals surface area (Å²) in [4.78, 5) is 28.4. The van der Waals surface area contributed by atoms with Crippen LogP contribution in [0.5, 0.6) is 0 Å². The Kier molecular flexibility index (Phi) is 10.6. The highest BCUT2D eigenvalue weighted by molar-refractivity contribution is 9.10. The van der Waals surface area contributed by atoms with Crippen LogP contribution < -0.4 is 9.62 Å². The number of carbonyl (C=O) groups is 2. The van der Waals surface area contributed by atoms with Gasteiger partial charge in [-0.25, -0.2) is 8.42 Å². The number of nitrogens with one attached hydrogen (secondary N) is 1. The van der Waals surface area contributed by atoms with Gasteiger partial charge in [0.05, 0.1) is 10.6 Å². The normalized spacial score (nSPS) is 12.2. The lowest BCUT2D eigenvalue weighted by molar-refractivity contribution is -0.139. The van der Waals surface area contributed by atoms with Crippen LogP contribution in [0.3, 0.4) is 0 Å². The van der Waals surface area contributed by atoms with Gasteiger partial charge in [-0.15, -0.1) is 0 Å². The SMILES string of the molecule is Cc1ccc(S(=O)(=O)N(CC(=O)N(Cc2ccc(Cl)cc2)[C@H](C)C(=O)NCC(C)C)c2ccc(Br)cc2)cc1. The molecule has 2 amide bonds. The van der Waals surface area contributed by atoms with E-state index in [0.717, 1.165) is 19.9 Å². The number of carbonyl (C=O) groups excluding carboxylic acids is 2. The fourth-order valence-electron chi connectivity index (χ4n) is 3.80. The van der Waals surface area contributed by atoms with E-state index in [1.807, 2.05) is 20.8 Å². The van der Waals surface area contributed by atoms with Crippen molar-refractivity contribution in [3.8, 4) is 0 Å². The van der Waals surface area contributed by atoms with E-state index in [1.54, 1.807) is 67.6 Å². The molecule has 0 saturated heterocycles. The second kappa shape index (κ2) is 13.5. The van der Waals surface area contributed by atoms with Crippen molar-refractivity contribution in [1.82, 2.24) is 10.2 Å². The standard InChI is InChI=1S/C29H33BrClN3O4S/c1-20(2)17-32-29(36)22(4)33(18-23-7-11-25(31)12-8-23)28(35)19-34(26-13-9-24(30)10-14-26)39(37,38)27-15-5-21(3)6-16-27/h5-16,20,22H,17-19H2,1-4H3,(H,32,36)/t22-/m1/s1. The van der Waals surface area contributed by atoms with E-state index in [2.05, 4.69) is 21.2 Å². The molecular weight excluding hydrogens is 602 g/mol. The zero-order valence-corrected chi connectivity index (χ0v) is 25.6. The third-order valence-corrected chi connectivity index (χ3v) is 8.69. The molecule has 0 spiro atoms. The van der Waals surface area contributed by atoms with Crippen molar-refractivity contribution in [3.05, 3.63) is 93.4 Å². The number of aryl methyl sites for hydroxylation is 1. The third-order valence-electron chi connectivity index (χ3n) is 6.12.